The van der Waals surface area contributed by atoms with E-state index in [0.717, 1.165) is 12.5 Å². The summed E-state index contributed by atoms with van der Waals surface area (Å²) in [5, 5.41) is 0. The molecule has 2 fully saturated rings. The Morgan fingerprint density at radius 2 is 2.08 bits per heavy atom. The zero-order chi connectivity index (χ0) is 9.26. The van der Waals surface area contributed by atoms with Crippen LogP contribution in [0.2, 0.25) is 0 Å². The second-order valence-corrected chi connectivity index (χ2v) is 4.39. The molecule has 1 saturated heterocycles. The Bertz CT molecular complexity index is 207. The van der Waals surface area contributed by atoms with Gasteiger partial charge in [-0.05, 0) is 25.2 Å². The largest absolute Gasteiger partial charge is 0.338 e. The number of carbonyl (C=O) groups excluding carboxylic acids is 1. The van der Waals surface area contributed by atoms with Crippen molar-refractivity contribution in [1.29, 1.82) is 0 Å². The molecule has 1 heterocycles. The highest BCUT2D eigenvalue weighted by Gasteiger charge is 2.37. The Morgan fingerprint density at radius 3 is 2.85 bits per heavy atom. The van der Waals surface area contributed by atoms with E-state index >= 15 is 0 Å². The van der Waals surface area contributed by atoms with Crippen molar-refractivity contribution in [1.82, 2.24) is 4.90 Å². The van der Waals surface area contributed by atoms with E-state index in [1.54, 1.807) is 0 Å². The van der Waals surface area contributed by atoms with Crippen LogP contribution in [0.4, 0.5) is 0 Å². The van der Waals surface area contributed by atoms with Crippen molar-refractivity contribution in [3.05, 3.63) is 0 Å². The molecule has 74 valence electrons. The lowest BCUT2D eigenvalue weighted by Gasteiger charge is -2.31. The number of hydrogen-bond acceptors (Lipinski definition) is 1. The fourth-order valence-corrected chi connectivity index (χ4v) is 2.95. The molecule has 2 rings (SSSR count). The minimum atomic E-state index is 0.135. The highest BCUT2D eigenvalue weighted by molar-refractivity contribution is 6.27. The van der Waals surface area contributed by atoms with Gasteiger partial charge in [0.1, 0.15) is 5.88 Å². The summed E-state index contributed by atoms with van der Waals surface area (Å²) in [5.41, 5.74) is 0. The number of halogens is 1. The first kappa shape index (κ1) is 9.32. The van der Waals surface area contributed by atoms with Crippen LogP contribution in [-0.2, 0) is 4.79 Å². The standard InChI is InChI=1S/C10H16ClNO/c11-7-10(13)12-6-5-8-3-1-2-4-9(8)12/h8-9H,1-7H2/t8-,9+/m1/s1. The van der Waals surface area contributed by atoms with Crippen molar-refractivity contribution in [3.8, 4) is 0 Å². The summed E-state index contributed by atoms with van der Waals surface area (Å²) in [6.45, 7) is 0.945. The molecule has 2 atom stereocenters. The maximum atomic E-state index is 11.5. The Balaban J connectivity index is 2.02. The van der Waals surface area contributed by atoms with Gasteiger partial charge in [0.2, 0.25) is 5.91 Å². The van der Waals surface area contributed by atoms with Gasteiger partial charge in [-0.3, -0.25) is 4.79 Å². The van der Waals surface area contributed by atoms with E-state index in [1.807, 2.05) is 4.90 Å². The van der Waals surface area contributed by atoms with Crippen molar-refractivity contribution in [2.24, 2.45) is 5.92 Å². The Hall–Kier alpha value is -0.240. The summed E-state index contributed by atoms with van der Waals surface area (Å²) in [6.07, 6.45) is 6.36. The van der Waals surface area contributed by atoms with Crippen molar-refractivity contribution in [3.63, 3.8) is 0 Å². The molecule has 1 saturated carbocycles. The molecule has 0 unspecified atom stereocenters. The van der Waals surface area contributed by atoms with Crippen LogP contribution in [0.15, 0.2) is 0 Å². The summed E-state index contributed by atoms with van der Waals surface area (Å²) in [4.78, 5) is 13.5. The zero-order valence-corrected chi connectivity index (χ0v) is 8.59. The number of alkyl halides is 1. The van der Waals surface area contributed by atoms with Gasteiger partial charge in [0.15, 0.2) is 0 Å². The summed E-state index contributed by atoms with van der Waals surface area (Å²) < 4.78 is 0. The molecule has 0 N–H and O–H groups in total. The highest BCUT2D eigenvalue weighted by Crippen LogP contribution is 2.36. The molecular weight excluding hydrogens is 186 g/mol. The molecule has 0 aromatic heterocycles. The smallest absolute Gasteiger partial charge is 0.237 e. The molecule has 13 heavy (non-hydrogen) atoms. The van der Waals surface area contributed by atoms with Gasteiger partial charge >= 0.3 is 0 Å². The van der Waals surface area contributed by atoms with Crippen LogP contribution in [0.5, 0.6) is 0 Å². The number of likely N-dealkylation sites (tertiary alicyclic amines) is 1. The van der Waals surface area contributed by atoms with Crippen LogP contribution in [0.3, 0.4) is 0 Å². The van der Waals surface area contributed by atoms with Crippen LogP contribution in [0, 0.1) is 5.92 Å². The van der Waals surface area contributed by atoms with Crippen LogP contribution in [0.1, 0.15) is 32.1 Å². The van der Waals surface area contributed by atoms with E-state index in [2.05, 4.69) is 0 Å². The number of nitrogens with zero attached hydrogens (tertiary/aromatic N) is 1. The van der Waals surface area contributed by atoms with Gasteiger partial charge in [0.05, 0.1) is 0 Å². The third-order valence-electron chi connectivity index (χ3n) is 3.44. The van der Waals surface area contributed by atoms with E-state index < -0.39 is 0 Å². The average molecular weight is 202 g/mol. The molecule has 2 nitrogen and oxygen atoms in total. The molecule has 0 spiro atoms. The molecule has 0 aromatic carbocycles. The predicted octanol–water partition coefficient (Wildman–Crippen LogP) is 2.02. The third-order valence-corrected chi connectivity index (χ3v) is 3.67. The summed E-state index contributed by atoms with van der Waals surface area (Å²) in [6, 6.07) is 0.528. The average Bonchev–Trinajstić information content (AvgIpc) is 2.60. The lowest BCUT2D eigenvalue weighted by Crippen LogP contribution is -2.39. The normalized spacial score (nSPS) is 33.2. The maximum Gasteiger partial charge on any atom is 0.237 e. The van der Waals surface area contributed by atoms with Crippen molar-refractivity contribution < 1.29 is 4.79 Å². The summed E-state index contributed by atoms with van der Waals surface area (Å²) in [7, 11) is 0. The summed E-state index contributed by atoms with van der Waals surface area (Å²) >= 11 is 5.57. The lowest BCUT2D eigenvalue weighted by atomic mass is 9.85. The third kappa shape index (κ3) is 1.69. The highest BCUT2D eigenvalue weighted by atomic mass is 35.5. The van der Waals surface area contributed by atoms with Crippen molar-refractivity contribution in [2.45, 2.75) is 38.1 Å². The van der Waals surface area contributed by atoms with Crippen LogP contribution >= 0.6 is 11.6 Å². The van der Waals surface area contributed by atoms with Crippen molar-refractivity contribution >= 4 is 17.5 Å². The molecule has 0 aromatic rings. The van der Waals surface area contributed by atoms with Crippen molar-refractivity contribution in [2.75, 3.05) is 12.4 Å². The first-order valence-corrected chi connectivity index (χ1v) is 5.72. The van der Waals surface area contributed by atoms with Gasteiger partial charge < -0.3 is 4.90 Å². The van der Waals surface area contributed by atoms with E-state index in [-0.39, 0.29) is 11.8 Å². The fraction of sp³-hybridized carbons (Fsp3) is 0.900. The monoisotopic (exact) mass is 201 g/mol. The maximum absolute atomic E-state index is 11.5. The van der Waals surface area contributed by atoms with Gasteiger partial charge in [0, 0.05) is 12.6 Å². The van der Waals surface area contributed by atoms with Crippen LogP contribution in [0.25, 0.3) is 0 Å². The number of hydrogen-bond donors (Lipinski definition) is 0. The first-order valence-electron chi connectivity index (χ1n) is 5.18. The lowest BCUT2D eigenvalue weighted by molar-refractivity contribution is -0.130. The van der Waals surface area contributed by atoms with Crippen LogP contribution < -0.4 is 0 Å². The SMILES string of the molecule is O=C(CCl)N1CC[C@H]2CCCC[C@@H]21. The number of carbonyl (C=O) groups is 1. The Morgan fingerprint density at radius 1 is 1.31 bits per heavy atom. The predicted molar refractivity (Wildman–Crippen MR) is 52.8 cm³/mol. The van der Waals surface area contributed by atoms with E-state index in [1.165, 1.54) is 32.1 Å². The van der Waals surface area contributed by atoms with Gasteiger partial charge in [0.25, 0.3) is 0 Å². The molecule has 2 aliphatic rings. The Kier molecular flexibility index (Phi) is 2.77. The molecule has 1 amide bonds. The van der Waals surface area contributed by atoms with Gasteiger partial charge in [-0.25, -0.2) is 0 Å². The molecule has 0 radical (unpaired) electrons. The molecule has 3 heteroatoms. The second-order valence-electron chi connectivity index (χ2n) is 4.12. The van der Waals surface area contributed by atoms with E-state index in [4.69, 9.17) is 11.6 Å². The summed E-state index contributed by atoms with van der Waals surface area (Å²) in [5.74, 6) is 1.07. The number of amides is 1. The number of rotatable bonds is 1. The van der Waals surface area contributed by atoms with E-state index in [0.29, 0.717) is 6.04 Å². The quantitative estimate of drug-likeness (QED) is 0.595. The van der Waals surface area contributed by atoms with Crippen LogP contribution in [-0.4, -0.2) is 29.3 Å². The molecular formula is C10H16ClNO. The molecule has 1 aliphatic heterocycles. The minimum absolute atomic E-state index is 0.135. The number of fused-ring (bicyclic) bond motifs is 1. The minimum Gasteiger partial charge on any atom is -0.338 e. The fourth-order valence-electron chi connectivity index (χ4n) is 2.79. The van der Waals surface area contributed by atoms with Gasteiger partial charge in [-0.1, -0.05) is 12.8 Å². The molecule has 1 aliphatic carbocycles. The van der Waals surface area contributed by atoms with E-state index in [9.17, 15) is 4.79 Å². The first-order chi connectivity index (χ1) is 6.33. The zero-order valence-electron chi connectivity index (χ0n) is 7.84. The topological polar surface area (TPSA) is 20.3 Å². The Labute approximate surface area is 84.2 Å². The van der Waals surface area contributed by atoms with Gasteiger partial charge in [-0.15, -0.1) is 11.6 Å². The molecule has 0 bridgehead atoms. The second kappa shape index (κ2) is 3.87. The van der Waals surface area contributed by atoms with Gasteiger partial charge in [-0.2, -0.15) is 0 Å².